The van der Waals surface area contributed by atoms with Crippen molar-refractivity contribution in [3.63, 3.8) is 0 Å². The van der Waals surface area contributed by atoms with Crippen molar-refractivity contribution in [2.45, 2.75) is 31.3 Å². The van der Waals surface area contributed by atoms with Crippen molar-refractivity contribution >= 4 is 0 Å². The molecular formula is C8H14N2. The van der Waals surface area contributed by atoms with Gasteiger partial charge in [0.25, 0.3) is 0 Å². The summed E-state index contributed by atoms with van der Waals surface area (Å²) in [4.78, 5) is 0. The van der Waals surface area contributed by atoms with Crippen molar-refractivity contribution < 1.29 is 0 Å². The van der Waals surface area contributed by atoms with Crippen LogP contribution in [0.5, 0.6) is 0 Å². The third-order valence-electron chi connectivity index (χ3n) is 2.64. The molecule has 1 aliphatic heterocycles. The molecule has 10 heavy (non-hydrogen) atoms. The van der Waals surface area contributed by atoms with Crippen LogP contribution in [-0.2, 0) is 0 Å². The molecule has 1 aliphatic carbocycles. The molecule has 3 unspecified atom stereocenters. The highest BCUT2D eigenvalue weighted by Crippen LogP contribution is 2.27. The molecule has 2 heteroatoms. The predicted molar refractivity (Wildman–Crippen MR) is 41.4 cm³/mol. The van der Waals surface area contributed by atoms with E-state index in [2.05, 4.69) is 17.6 Å². The number of fused-ring (bicyclic) bond motifs is 1. The van der Waals surface area contributed by atoms with E-state index < -0.39 is 0 Å². The predicted octanol–water partition coefficient (Wildman–Crippen LogP) is 0.599. The normalized spacial score (nSPS) is 44.7. The van der Waals surface area contributed by atoms with Crippen molar-refractivity contribution in [2.24, 2.45) is 11.7 Å². The third kappa shape index (κ3) is 0.833. The average Bonchev–Trinajstić information content (AvgIpc) is 2.36. The number of nitrogens with one attached hydrogen (secondary N) is 1. The van der Waals surface area contributed by atoms with E-state index in [1.807, 2.05) is 0 Å². The fourth-order valence-corrected chi connectivity index (χ4v) is 2.02. The topological polar surface area (TPSA) is 38.0 Å². The minimum absolute atomic E-state index is 0.407. The highest BCUT2D eigenvalue weighted by molar-refractivity contribution is 5.08. The van der Waals surface area contributed by atoms with Crippen LogP contribution in [0.15, 0.2) is 12.3 Å². The molecule has 0 bridgehead atoms. The van der Waals surface area contributed by atoms with Crippen LogP contribution >= 0.6 is 0 Å². The average molecular weight is 138 g/mol. The zero-order valence-corrected chi connectivity index (χ0v) is 6.09. The second kappa shape index (κ2) is 2.27. The van der Waals surface area contributed by atoms with Gasteiger partial charge in [-0.1, -0.05) is 6.08 Å². The van der Waals surface area contributed by atoms with Crippen LogP contribution in [0.1, 0.15) is 19.3 Å². The maximum Gasteiger partial charge on any atom is 0.0333 e. The van der Waals surface area contributed by atoms with Gasteiger partial charge >= 0.3 is 0 Å². The second-order valence-electron chi connectivity index (χ2n) is 3.30. The van der Waals surface area contributed by atoms with E-state index in [1.54, 1.807) is 0 Å². The Morgan fingerprint density at radius 3 is 3.10 bits per heavy atom. The molecule has 1 saturated carbocycles. The molecule has 0 aromatic heterocycles. The third-order valence-corrected chi connectivity index (χ3v) is 2.64. The van der Waals surface area contributed by atoms with Crippen LogP contribution in [0, 0.1) is 5.92 Å². The van der Waals surface area contributed by atoms with Crippen molar-refractivity contribution in [1.82, 2.24) is 5.32 Å². The Kier molecular flexibility index (Phi) is 1.42. The van der Waals surface area contributed by atoms with Gasteiger partial charge in [0.2, 0.25) is 0 Å². The van der Waals surface area contributed by atoms with Gasteiger partial charge in [-0.25, -0.2) is 0 Å². The number of hydrogen-bond donors (Lipinski definition) is 2. The summed E-state index contributed by atoms with van der Waals surface area (Å²) in [6.45, 7) is 0. The summed E-state index contributed by atoms with van der Waals surface area (Å²) >= 11 is 0. The summed E-state index contributed by atoms with van der Waals surface area (Å²) in [7, 11) is 0. The van der Waals surface area contributed by atoms with Gasteiger partial charge in [-0.05, 0) is 25.5 Å². The maximum atomic E-state index is 5.93. The minimum Gasteiger partial charge on any atom is -0.388 e. The van der Waals surface area contributed by atoms with E-state index in [4.69, 9.17) is 5.73 Å². The van der Waals surface area contributed by atoms with Crippen LogP contribution < -0.4 is 11.1 Å². The quantitative estimate of drug-likeness (QED) is 0.514. The van der Waals surface area contributed by atoms with Crippen molar-refractivity contribution in [1.29, 1.82) is 0 Å². The van der Waals surface area contributed by atoms with Crippen LogP contribution in [0.25, 0.3) is 0 Å². The minimum atomic E-state index is 0.407. The number of hydrogen-bond acceptors (Lipinski definition) is 2. The van der Waals surface area contributed by atoms with Gasteiger partial charge in [0.1, 0.15) is 0 Å². The smallest absolute Gasteiger partial charge is 0.0333 e. The zero-order chi connectivity index (χ0) is 6.97. The van der Waals surface area contributed by atoms with Crippen molar-refractivity contribution in [3.8, 4) is 0 Å². The summed E-state index contributed by atoms with van der Waals surface area (Å²) in [6.07, 6.45) is 8.06. The molecule has 2 nitrogen and oxygen atoms in total. The molecule has 1 fully saturated rings. The first-order valence-corrected chi connectivity index (χ1v) is 4.06. The molecule has 0 aromatic carbocycles. The van der Waals surface area contributed by atoms with Crippen LogP contribution in [-0.4, -0.2) is 12.1 Å². The Bertz CT molecular complexity index is 153. The Hall–Kier alpha value is -0.500. The largest absolute Gasteiger partial charge is 0.388 e. The summed E-state index contributed by atoms with van der Waals surface area (Å²) in [6, 6.07) is 1.06. The molecule has 0 radical (unpaired) electrons. The Morgan fingerprint density at radius 2 is 2.30 bits per heavy atom. The van der Waals surface area contributed by atoms with Gasteiger partial charge in [-0.3, -0.25) is 0 Å². The molecule has 2 rings (SSSR count). The molecule has 3 atom stereocenters. The second-order valence-corrected chi connectivity index (χ2v) is 3.30. The van der Waals surface area contributed by atoms with Gasteiger partial charge in [-0.15, -0.1) is 0 Å². The lowest BCUT2D eigenvalue weighted by Crippen LogP contribution is -2.42. The molecule has 0 saturated heterocycles. The van der Waals surface area contributed by atoms with Gasteiger partial charge < -0.3 is 11.1 Å². The van der Waals surface area contributed by atoms with E-state index >= 15 is 0 Å². The molecule has 3 N–H and O–H groups in total. The first kappa shape index (κ1) is 6.23. The van der Waals surface area contributed by atoms with Crippen LogP contribution in [0.3, 0.4) is 0 Å². The van der Waals surface area contributed by atoms with Gasteiger partial charge in [0, 0.05) is 18.0 Å². The van der Waals surface area contributed by atoms with Crippen LogP contribution in [0.2, 0.25) is 0 Å². The molecule has 0 amide bonds. The van der Waals surface area contributed by atoms with E-state index in [1.165, 1.54) is 19.3 Å². The maximum absolute atomic E-state index is 5.93. The summed E-state index contributed by atoms with van der Waals surface area (Å²) in [5.41, 5.74) is 5.93. The zero-order valence-electron chi connectivity index (χ0n) is 6.09. The van der Waals surface area contributed by atoms with Crippen molar-refractivity contribution in [2.75, 3.05) is 0 Å². The Balaban J connectivity index is 2.08. The Labute approximate surface area is 61.5 Å². The van der Waals surface area contributed by atoms with Crippen molar-refractivity contribution in [3.05, 3.63) is 12.3 Å². The molecule has 1 heterocycles. The highest BCUT2D eigenvalue weighted by Gasteiger charge is 2.30. The molecule has 56 valence electrons. The fraction of sp³-hybridized carbons (Fsp3) is 0.750. The van der Waals surface area contributed by atoms with E-state index in [0.29, 0.717) is 18.0 Å². The summed E-state index contributed by atoms with van der Waals surface area (Å²) in [5, 5.41) is 3.33. The molecule has 0 spiro atoms. The number of rotatable bonds is 0. The van der Waals surface area contributed by atoms with E-state index in [-0.39, 0.29) is 0 Å². The number of nitrogens with two attached hydrogens (primary N) is 1. The lowest BCUT2D eigenvalue weighted by atomic mass is 9.83. The first-order chi connectivity index (χ1) is 4.88. The molecule has 0 aromatic rings. The lowest BCUT2D eigenvalue weighted by Gasteiger charge is -2.30. The first-order valence-electron chi connectivity index (χ1n) is 4.06. The standard InChI is InChI=1S/C8H14N2/c9-7-2-1-3-8-6(7)4-5-10-8/h4-8,10H,1-3,9H2. The molecule has 2 aliphatic rings. The Morgan fingerprint density at radius 1 is 1.40 bits per heavy atom. The van der Waals surface area contributed by atoms with Gasteiger partial charge in [0.15, 0.2) is 0 Å². The summed E-state index contributed by atoms with van der Waals surface area (Å²) < 4.78 is 0. The lowest BCUT2D eigenvalue weighted by molar-refractivity contribution is 0.309. The SMILES string of the molecule is NC1CCCC2NC=CC12. The van der Waals surface area contributed by atoms with E-state index in [9.17, 15) is 0 Å². The highest BCUT2D eigenvalue weighted by atomic mass is 14.9. The van der Waals surface area contributed by atoms with Crippen LogP contribution in [0.4, 0.5) is 0 Å². The molecular weight excluding hydrogens is 124 g/mol. The summed E-state index contributed by atoms with van der Waals surface area (Å²) in [5.74, 6) is 0.619. The van der Waals surface area contributed by atoms with E-state index in [0.717, 1.165) is 0 Å². The fourth-order valence-electron chi connectivity index (χ4n) is 2.02. The monoisotopic (exact) mass is 138 g/mol. The van der Waals surface area contributed by atoms with Gasteiger partial charge in [-0.2, -0.15) is 0 Å². The van der Waals surface area contributed by atoms with Gasteiger partial charge in [0.05, 0.1) is 0 Å².